The van der Waals surface area contributed by atoms with E-state index in [2.05, 4.69) is 20.8 Å². The monoisotopic (exact) mass is 278 g/mol. The van der Waals surface area contributed by atoms with Crippen molar-refractivity contribution in [2.45, 2.75) is 67.4 Å². The van der Waals surface area contributed by atoms with Gasteiger partial charge in [0.15, 0.2) is 0 Å². The summed E-state index contributed by atoms with van der Waals surface area (Å²) in [7, 11) is 3.43. The molecule has 0 spiro atoms. The average molecular weight is 278 g/mol. The molecule has 0 unspecified atom stereocenters. The van der Waals surface area contributed by atoms with E-state index in [9.17, 15) is 0 Å². The Kier molecular flexibility index (Phi) is 16.2. The molecule has 0 rings (SSSR count). The summed E-state index contributed by atoms with van der Waals surface area (Å²) in [4.78, 5) is 0. The Bertz CT molecular complexity index is 146. The molecule has 0 atom stereocenters. The summed E-state index contributed by atoms with van der Waals surface area (Å²) in [6.45, 7) is 15.1. The molecule has 0 saturated heterocycles. The second-order valence-electron chi connectivity index (χ2n) is 6.61. The van der Waals surface area contributed by atoms with Crippen molar-refractivity contribution < 1.29 is 14.2 Å². The third-order valence-electron chi connectivity index (χ3n) is 2.10. The highest BCUT2D eigenvalue weighted by molar-refractivity contribution is 4.60. The standard InChI is InChI=1S/C8H18O.C7H16O2.CH4/c1-8(2,3)6-5-7-9-4;1-7(2,3)9-6-5-8-4;/h5-7H2,1-4H3;5-6H2,1-4H3;1H4. The summed E-state index contributed by atoms with van der Waals surface area (Å²) < 4.78 is 15.1. The van der Waals surface area contributed by atoms with Gasteiger partial charge in [-0.3, -0.25) is 0 Å². The Hall–Kier alpha value is -0.120. The van der Waals surface area contributed by atoms with E-state index in [0.29, 0.717) is 18.6 Å². The lowest BCUT2D eigenvalue weighted by Gasteiger charge is -2.18. The molecule has 0 aromatic rings. The molecule has 0 bridgehead atoms. The molecule has 0 aromatic heterocycles. The zero-order valence-corrected chi connectivity index (χ0v) is 13.8. The molecule has 19 heavy (non-hydrogen) atoms. The zero-order valence-electron chi connectivity index (χ0n) is 13.8. The first-order valence-electron chi connectivity index (χ1n) is 6.74. The summed E-state index contributed by atoms with van der Waals surface area (Å²) in [5.41, 5.74) is 0.442. The maximum Gasteiger partial charge on any atom is 0.0707 e. The lowest BCUT2D eigenvalue weighted by atomic mass is 9.91. The fourth-order valence-electron chi connectivity index (χ4n) is 1.18. The third-order valence-corrected chi connectivity index (χ3v) is 2.10. The highest BCUT2D eigenvalue weighted by Gasteiger charge is 2.08. The van der Waals surface area contributed by atoms with E-state index >= 15 is 0 Å². The Morgan fingerprint density at radius 3 is 1.53 bits per heavy atom. The van der Waals surface area contributed by atoms with Crippen LogP contribution in [0, 0.1) is 5.41 Å². The highest BCUT2D eigenvalue weighted by Crippen LogP contribution is 2.19. The largest absolute Gasteiger partial charge is 0.385 e. The van der Waals surface area contributed by atoms with Crippen molar-refractivity contribution in [1.82, 2.24) is 0 Å². The van der Waals surface area contributed by atoms with Crippen LogP contribution in [0.25, 0.3) is 0 Å². The lowest BCUT2D eigenvalue weighted by Crippen LogP contribution is -2.21. The first kappa shape index (κ1) is 23.9. The maximum absolute atomic E-state index is 5.34. The van der Waals surface area contributed by atoms with Gasteiger partial charge in [0.2, 0.25) is 0 Å². The van der Waals surface area contributed by atoms with Gasteiger partial charge in [0.1, 0.15) is 0 Å². The second kappa shape index (κ2) is 12.9. The molecule has 3 nitrogen and oxygen atoms in total. The lowest BCUT2D eigenvalue weighted by molar-refractivity contribution is -0.0270. The molecular weight excluding hydrogens is 240 g/mol. The van der Waals surface area contributed by atoms with Crippen LogP contribution in [0.2, 0.25) is 0 Å². The molecule has 0 amide bonds. The van der Waals surface area contributed by atoms with Crippen molar-refractivity contribution in [2.24, 2.45) is 5.41 Å². The predicted octanol–water partition coefficient (Wildman–Crippen LogP) is 4.54. The van der Waals surface area contributed by atoms with Gasteiger partial charge in [-0.2, -0.15) is 0 Å². The molecule has 0 aliphatic rings. The van der Waals surface area contributed by atoms with Gasteiger partial charge in [-0.15, -0.1) is 0 Å². The van der Waals surface area contributed by atoms with Crippen molar-refractivity contribution >= 4 is 0 Å². The first-order chi connectivity index (χ1) is 8.12. The summed E-state index contributed by atoms with van der Waals surface area (Å²) in [6, 6.07) is 0. The van der Waals surface area contributed by atoms with Crippen LogP contribution in [0.15, 0.2) is 0 Å². The number of hydrogen-bond acceptors (Lipinski definition) is 3. The minimum atomic E-state index is -0.0292. The molecule has 3 heteroatoms. The van der Waals surface area contributed by atoms with Crippen molar-refractivity contribution in [1.29, 1.82) is 0 Å². The fourth-order valence-corrected chi connectivity index (χ4v) is 1.18. The van der Waals surface area contributed by atoms with Gasteiger partial charge in [0, 0.05) is 20.8 Å². The quantitative estimate of drug-likeness (QED) is 0.667. The molecule has 0 N–H and O–H groups in total. The van der Waals surface area contributed by atoms with Crippen LogP contribution in [0.3, 0.4) is 0 Å². The Morgan fingerprint density at radius 1 is 0.737 bits per heavy atom. The number of rotatable bonds is 6. The van der Waals surface area contributed by atoms with E-state index in [1.165, 1.54) is 12.8 Å². The van der Waals surface area contributed by atoms with Crippen LogP contribution < -0.4 is 0 Å². The summed E-state index contributed by atoms with van der Waals surface area (Å²) in [5.74, 6) is 0. The van der Waals surface area contributed by atoms with Gasteiger partial charge in [-0.25, -0.2) is 0 Å². The normalized spacial score (nSPS) is 11.4. The molecule has 0 aromatic carbocycles. The van der Waals surface area contributed by atoms with E-state index in [-0.39, 0.29) is 13.0 Å². The van der Waals surface area contributed by atoms with Gasteiger partial charge in [-0.1, -0.05) is 28.2 Å². The van der Waals surface area contributed by atoms with E-state index in [4.69, 9.17) is 14.2 Å². The highest BCUT2D eigenvalue weighted by atomic mass is 16.5. The number of ether oxygens (including phenoxy) is 3. The van der Waals surface area contributed by atoms with Crippen LogP contribution in [0.5, 0.6) is 0 Å². The van der Waals surface area contributed by atoms with Crippen LogP contribution in [0.4, 0.5) is 0 Å². The molecule has 0 fully saturated rings. The summed E-state index contributed by atoms with van der Waals surface area (Å²) >= 11 is 0. The molecule has 0 radical (unpaired) electrons. The van der Waals surface area contributed by atoms with Crippen molar-refractivity contribution in [3.8, 4) is 0 Å². The van der Waals surface area contributed by atoms with Crippen LogP contribution >= 0.6 is 0 Å². The fraction of sp³-hybridized carbons (Fsp3) is 1.00. The van der Waals surface area contributed by atoms with Crippen molar-refractivity contribution in [3.05, 3.63) is 0 Å². The molecule has 0 heterocycles. The molecule has 0 aliphatic heterocycles. The van der Waals surface area contributed by atoms with Crippen molar-refractivity contribution in [3.63, 3.8) is 0 Å². The predicted molar refractivity (Wildman–Crippen MR) is 84.9 cm³/mol. The molecule has 0 aliphatic carbocycles. The Balaban J connectivity index is -0.000000256. The topological polar surface area (TPSA) is 27.7 Å². The number of methoxy groups -OCH3 is 2. The third kappa shape index (κ3) is 31.9. The Labute approximate surface area is 122 Å². The van der Waals surface area contributed by atoms with Crippen LogP contribution in [-0.4, -0.2) is 39.6 Å². The van der Waals surface area contributed by atoms with Crippen LogP contribution in [0.1, 0.15) is 61.8 Å². The molecule has 120 valence electrons. The minimum Gasteiger partial charge on any atom is -0.385 e. The first-order valence-corrected chi connectivity index (χ1v) is 6.74. The van der Waals surface area contributed by atoms with E-state index in [0.717, 1.165) is 6.61 Å². The van der Waals surface area contributed by atoms with Crippen molar-refractivity contribution in [2.75, 3.05) is 34.0 Å². The molecule has 0 saturated carbocycles. The van der Waals surface area contributed by atoms with E-state index in [1.807, 2.05) is 20.8 Å². The average Bonchev–Trinajstić information content (AvgIpc) is 2.16. The van der Waals surface area contributed by atoms with Gasteiger partial charge in [0.25, 0.3) is 0 Å². The maximum atomic E-state index is 5.34. The SMILES string of the molecule is C.COCCCC(C)(C)C.COCCOC(C)(C)C. The van der Waals surface area contributed by atoms with Gasteiger partial charge < -0.3 is 14.2 Å². The van der Waals surface area contributed by atoms with Gasteiger partial charge in [-0.05, 0) is 39.0 Å². The van der Waals surface area contributed by atoms with Gasteiger partial charge >= 0.3 is 0 Å². The van der Waals surface area contributed by atoms with E-state index < -0.39 is 0 Å². The Morgan fingerprint density at radius 2 is 1.21 bits per heavy atom. The summed E-state index contributed by atoms with van der Waals surface area (Å²) in [5, 5.41) is 0. The zero-order chi connectivity index (χ0) is 14.7. The smallest absolute Gasteiger partial charge is 0.0707 e. The number of hydrogen-bond donors (Lipinski definition) is 0. The second-order valence-corrected chi connectivity index (χ2v) is 6.61. The summed E-state index contributed by atoms with van der Waals surface area (Å²) in [6.07, 6.45) is 2.43. The minimum absolute atomic E-state index is 0. The van der Waals surface area contributed by atoms with Gasteiger partial charge in [0.05, 0.1) is 18.8 Å². The van der Waals surface area contributed by atoms with Crippen LogP contribution in [-0.2, 0) is 14.2 Å². The van der Waals surface area contributed by atoms with E-state index in [1.54, 1.807) is 14.2 Å². The molecular formula is C16H38O3.